The van der Waals surface area contributed by atoms with Gasteiger partial charge in [-0.05, 0) is 23.0 Å². The van der Waals surface area contributed by atoms with E-state index in [2.05, 4.69) is 47.2 Å². The van der Waals surface area contributed by atoms with E-state index in [0.29, 0.717) is 5.41 Å². The van der Waals surface area contributed by atoms with Crippen molar-refractivity contribution in [2.24, 2.45) is 17.3 Å². The van der Waals surface area contributed by atoms with Gasteiger partial charge in [-0.15, -0.1) is 0 Å². The van der Waals surface area contributed by atoms with E-state index in [1.165, 1.54) is 0 Å². The summed E-state index contributed by atoms with van der Waals surface area (Å²) in [6, 6.07) is 0. The van der Waals surface area contributed by atoms with Crippen molar-refractivity contribution >= 4 is 12.6 Å². The first-order valence-corrected chi connectivity index (χ1v) is 4.69. The molecule has 0 heterocycles. The molecule has 0 N–H and O–H groups in total. The van der Waals surface area contributed by atoms with Gasteiger partial charge in [0, 0.05) is 0 Å². The van der Waals surface area contributed by atoms with Crippen molar-refractivity contribution in [2.45, 2.75) is 34.6 Å². The van der Waals surface area contributed by atoms with Crippen molar-refractivity contribution in [1.29, 1.82) is 0 Å². The van der Waals surface area contributed by atoms with Gasteiger partial charge in [0.15, 0.2) is 0 Å². The minimum atomic E-state index is 0.406. The first kappa shape index (κ1) is 10.3. The maximum Gasteiger partial charge on any atom is -0.00389 e. The Balaban J connectivity index is 4.23. The minimum Gasteiger partial charge on any atom is -0.179 e. The quantitative estimate of drug-likeness (QED) is 0.602. The first-order chi connectivity index (χ1) is 4.45. The molecule has 0 amide bonds. The van der Waals surface area contributed by atoms with E-state index in [9.17, 15) is 0 Å². The standard InChI is InChI=1S/C9H20S/c1-7(2)9(5,6-10)8(3)4/h7-8,10H,6H2,1-5H3. The van der Waals surface area contributed by atoms with Crippen molar-refractivity contribution in [2.75, 3.05) is 5.75 Å². The molecular formula is C9H20S. The van der Waals surface area contributed by atoms with Crippen molar-refractivity contribution in [3.8, 4) is 0 Å². The molecule has 0 radical (unpaired) electrons. The topological polar surface area (TPSA) is 0 Å². The predicted molar refractivity (Wildman–Crippen MR) is 51.6 cm³/mol. The van der Waals surface area contributed by atoms with Gasteiger partial charge in [-0.2, -0.15) is 12.6 Å². The van der Waals surface area contributed by atoms with Crippen LogP contribution in [0.3, 0.4) is 0 Å². The zero-order chi connectivity index (χ0) is 8.36. The zero-order valence-corrected chi connectivity index (χ0v) is 8.70. The third kappa shape index (κ3) is 1.91. The van der Waals surface area contributed by atoms with Crippen LogP contribution >= 0.6 is 12.6 Å². The largest absolute Gasteiger partial charge is 0.179 e. The molecule has 0 aromatic rings. The van der Waals surface area contributed by atoms with Crippen LogP contribution in [0.2, 0.25) is 0 Å². The van der Waals surface area contributed by atoms with Gasteiger partial charge in [0.05, 0.1) is 0 Å². The summed E-state index contributed by atoms with van der Waals surface area (Å²) < 4.78 is 0. The molecule has 0 fully saturated rings. The highest BCUT2D eigenvalue weighted by molar-refractivity contribution is 7.80. The molecule has 0 saturated heterocycles. The van der Waals surface area contributed by atoms with E-state index >= 15 is 0 Å². The van der Waals surface area contributed by atoms with Crippen molar-refractivity contribution < 1.29 is 0 Å². The Bertz CT molecular complexity index is 86.9. The molecule has 0 aliphatic carbocycles. The molecule has 0 aromatic heterocycles. The summed E-state index contributed by atoms with van der Waals surface area (Å²) in [4.78, 5) is 0. The molecule has 10 heavy (non-hydrogen) atoms. The van der Waals surface area contributed by atoms with Crippen LogP contribution in [-0.4, -0.2) is 5.75 Å². The number of rotatable bonds is 3. The van der Waals surface area contributed by atoms with Gasteiger partial charge >= 0.3 is 0 Å². The lowest BCUT2D eigenvalue weighted by Gasteiger charge is -2.36. The van der Waals surface area contributed by atoms with Crippen LogP contribution in [0.25, 0.3) is 0 Å². The Hall–Kier alpha value is 0.350. The highest BCUT2D eigenvalue weighted by Crippen LogP contribution is 2.35. The maximum atomic E-state index is 4.38. The minimum absolute atomic E-state index is 0.406. The van der Waals surface area contributed by atoms with Crippen LogP contribution in [0, 0.1) is 17.3 Å². The third-order valence-corrected chi connectivity index (χ3v) is 3.66. The SMILES string of the molecule is CC(C)C(C)(CS)C(C)C. The lowest BCUT2D eigenvalue weighted by Crippen LogP contribution is -2.31. The van der Waals surface area contributed by atoms with Crippen molar-refractivity contribution in [3.63, 3.8) is 0 Å². The van der Waals surface area contributed by atoms with Gasteiger partial charge in [0.25, 0.3) is 0 Å². The molecule has 0 aliphatic rings. The summed E-state index contributed by atoms with van der Waals surface area (Å²) in [5.41, 5.74) is 0.406. The monoisotopic (exact) mass is 160 g/mol. The second kappa shape index (κ2) is 3.66. The van der Waals surface area contributed by atoms with Crippen molar-refractivity contribution in [1.82, 2.24) is 0 Å². The normalized spacial score (nSPS) is 13.2. The molecule has 0 rings (SSSR count). The summed E-state index contributed by atoms with van der Waals surface area (Å²) in [6.07, 6.45) is 0. The number of thiol groups is 1. The zero-order valence-electron chi connectivity index (χ0n) is 7.81. The average Bonchev–Trinajstić information content (AvgIpc) is 1.85. The summed E-state index contributed by atoms with van der Waals surface area (Å²) in [5.74, 6) is 2.44. The molecule has 0 bridgehead atoms. The molecule has 0 unspecified atom stereocenters. The smallest absolute Gasteiger partial charge is 0.00389 e. The Labute approximate surface area is 70.8 Å². The van der Waals surface area contributed by atoms with Gasteiger partial charge in [0.2, 0.25) is 0 Å². The second-order valence-corrected chi connectivity index (χ2v) is 4.29. The lowest BCUT2D eigenvalue weighted by molar-refractivity contribution is 0.172. The van der Waals surface area contributed by atoms with Gasteiger partial charge in [-0.25, -0.2) is 0 Å². The van der Waals surface area contributed by atoms with E-state index in [1.54, 1.807) is 0 Å². The van der Waals surface area contributed by atoms with E-state index in [-0.39, 0.29) is 0 Å². The maximum absolute atomic E-state index is 4.38. The fraction of sp³-hybridized carbons (Fsp3) is 1.00. The van der Waals surface area contributed by atoms with E-state index in [4.69, 9.17) is 0 Å². The van der Waals surface area contributed by atoms with Crippen molar-refractivity contribution in [3.05, 3.63) is 0 Å². The molecule has 0 saturated carbocycles. The van der Waals surface area contributed by atoms with Gasteiger partial charge in [-0.3, -0.25) is 0 Å². The summed E-state index contributed by atoms with van der Waals surface area (Å²) in [6.45, 7) is 11.4. The Morgan fingerprint density at radius 1 is 1.10 bits per heavy atom. The summed E-state index contributed by atoms with van der Waals surface area (Å²) >= 11 is 4.38. The van der Waals surface area contributed by atoms with Crippen LogP contribution < -0.4 is 0 Å². The van der Waals surface area contributed by atoms with Gasteiger partial charge in [-0.1, -0.05) is 34.6 Å². The molecular weight excluding hydrogens is 140 g/mol. The molecule has 0 nitrogen and oxygen atoms in total. The molecule has 0 spiro atoms. The summed E-state index contributed by atoms with van der Waals surface area (Å²) in [5, 5.41) is 0. The van der Waals surface area contributed by atoms with Crippen LogP contribution in [0.1, 0.15) is 34.6 Å². The number of hydrogen-bond acceptors (Lipinski definition) is 1. The van der Waals surface area contributed by atoms with E-state index < -0.39 is 0 Å². The van der Waals surface area contributed by atoms with Gasteiger partial charge in [0.1, 0.15) is 0 Å². The Kier molecular flexibility index (Phi) is 3.79. The number of hydrogen-bond donors (Lipinski definition) is 1. The third-order valence-electron chi connectivity index (χ3n) is 2.98. The lowest BCUT2D eigenvalue weighted by atomic mass is 9.72. The summed E-state index contributed by atoms with van der Waals surface area (Å²) in [7, 11) is 0. The average molecular weight is 160 g/mol. The fourth-order valence-corrected chi connectivity index (χ4v) is 1.76. The van der Waals surface area contributed by atoms with Crippen LogP contribution in [0.4, 0.5) is 0 Å². The molecule has 0 atom stereocenters. The van der Waals surface area contributed by atoms with Gasteiger partial charge < -0.3 is 0 Å². The van der Waals surface area contributed by atoms with E-state index in [1.807, 2.05) is 0 Å². The molecule has 62 valence electrons. The second-order valence-electron chi connectivity index (χ2n) is 3.97. The van der Waals surface area contributed by atoms with Crippen LogP contribution in [-0.2, 0) is 0 Å². The predicted octanol–water partition coefficient (Wildman–Crippen LogP) is 3.23. The highest BCUT2D eigenvalue weighted by Gasteiger charge is 2.29. The Morgan fingerprint density at radius 3 is 1.40 bits per heavy atom. The molecule has 0 aromatic carbocycles. The van der Waals surface area contributed by atoms with Crippen LogP contribution in [0.5, 0.6) is 0 Å². The molecule has 0 aliphatic heterocycles. The highest BCUT2D eigenvalue weighted by atomic mass is 32.1. The first-order valence-electron chi connectivity index (χ1n) is 4.06. The molecule has 1 heteroatoms. The fourth-order valence-electron chi connectivity index (χ4n) is 1.03. The van der Waals surface area contributed by atoms with E-state index in [0.717, 1.165) is 17.6 Å². The Morgan fingerprint density at radius 2 is 1.40 bits per heavy atom. The van der Waals surface area contributed by atoms with Crippen LogP contribution in [0.15, 0.2) is 0 Å².